The smallest absolute Gasteiger partial charge is 0.335 e. The largest absolute Gasteiger partial charge is 0.478 e. The Morgan fingerprint density at radius 3 is 2.42 bits per heavy atom. The minimum atomic E-state index is -3.32. The van der Waals surface area contributed by atoms with Crippen molar-refractivity contribution in [3.63, 3.8) is 0 Å². The predicted octanol–water partition coefficient (Wildman–Crippen LogP) is 3.25. The molecule has 1 fully saturated rings. The van der Waals surface area contributed by atoms with E-state index in [0.29, 0.717) is 12.1 Å². The number of rotatable bonds is 9. The van der Waals surface area contributed by atoms with Gasteiger partial charge in [-0.15, -0.1) is 0 Å². The Morgan fingerprint density at radius 2 is 1.85 bits per heavy atom. The van der Waals surface area contributed by atoms with Crippen LogP contribution in [0.3, 0.4) is 0 Å². The lowest BCUT2D eigenvalue weighted by Gasteiger charge is -2.25. The standard InChI is InChI=1S/C19H30NO5P/c1-14(16-7-9-17(10-8-16)19(22)23)20-11-18(21)13-26(24,25)12-15-5-3-2-4-6-15/h7-10,14-15,18,20-21H,2-6,11-13H2,1H3,(H,22,23)(H,24,25)/t14?,18-/m1/s1. The van der Waals surface area contributed by atoms with Crippen LogP contribution in [0.4, 0.5) is 0 Å². The maximum Gasteiger partial charge on any atom is 0.335 e. The van der Waals surface area contributed by atoms with Gasteiger partial charge in [0, 0.05) is 18.7 Å². The third kappa shape index (κ3) is 6.84. The van der Waals surface area contributed by atoms with E-state index in [1.807, 2.05) is 6.92 Å². The number of carbonyl (C=O) groups is 1. The summed E-state index contributed by atoms with van der Waals surface area (Å²) in [6.07, 6.45) is 4.86. The highest BCUT2D eigenvalue weighted by Crippen LogP contribution is 2.45. The summed E-state index contributed by atoms with van der Waals surface area (Å²) in [5.41, 5.74) is 1.13. The van der Waals surface area contributed by atoms with Crippen molar-refractivity contribution in [1.82, 2.24) is 5.32 Å². The molecule has 1 aromatic rings. The Morgan fingerprint density at radius 1 is 1.23 bits per heavy atom. The van der Waals surface area contributed by atoms with Crippen LogP contribution in [-0.4, -0.2) is 46.0 Å². The van der Waals surface area contributed by atoms with Crippen molar-refractivity contribution in [2.45, 2.75) is 51.2 Å². The van der Waals surface area contributed by atoms with Crippen molar-refractivity contribution in [1.29, 1.82) is 0 Å². The second kappa shape index (κ2) is 9.65. The lowest BCUT2D eigenvalue weighted by molar-refractivity contribution is 0.0697. The quantitative estimate of drug-likeness (QED) is 0.488. The molecule has 2 rings (SSSR count). The number of aliphatic hydroxyl groups excluding tert-OH is 1. The molecule has 3 atom stereocenters. The van der Waals surface area contributed by atoms with Gasteiger partial charge in [-0.3, -0.25) is 4.57 Å². The van der Waals surface area contributed by atoms with Crippen LogP contribution < -0.4 is 5.32 Å². The molecule has 0 saturated heterocycles. The maximum atomic E-state index is 12.4. The van der Waals surface area contributed by atoms with Gasteiger partial charge in [-0.05, 0) is 43.4 Å². The lowest BCUT2D eigenvalue weighted by Crippen LogP contribution is -2.32. The molecule has 146 valence electrons. The van der Waals surface area contributed by atoms with E-state index in [2.05, 4.69) is 5.32 Å². The minimum Gasteiger partial charge on any atom is -0.478 e. The van der Waals surface area contributed by atoms with Gasteiger partial charge in [0.15, 0.2) is 0 Å². The number of hydrogen-bond acceptors (Lipinski definition) is 4. The predicted molar refractivity (Wildman–Crippen MR) is 102 cm³/mol. The van der Waals surface area contributed by atoms with Crippen molar-refractivity contribution in [3.8, 4) is 0 Å². The summed E-state index contributed by atoms with van der Waals surface area (Å²) < 4.78 is 12.4. The van der Waals surface area contributed by atoms with Gasteiger partial charge in [0.1, 0.15) is 0 Å². The van der Waals surface area contributed by atoms with Gasteiger partial charge in [-0.1, -0.05) is 31.4 Å². The Labute approximate surface area is 155 Å². The first-order valence-corrected chi connectivity index (χ1v) is 11.4. The highest BCUT2D eigenvalue weighted by atomic mass is 31.2. The Hall–Kier alpha value is -1.20. The second-order valence-corrected chi connectivity index (χ2v) is 9.85. The Kier molecular flexibility index (Phi) is 7.84. The van der Waals surface area contributed by atoms with Crippen molar-refractivity contribution in [3.05, 3.63) is 35.4 Å². The SMILES string of the molecule is CC(NC[C@@H](O)CP(=O)(O)CC1CCCCC1)c1ccc(C(=O)O)cc1. The topological polar surface area (TPSA) is 107 Å². The number of aliphatic hydroxyl groups is 1. The van der Waals surface area contributed by atoms with Gasteiger partial charge < -0.3 is 20.4 Å². The summed E-state index contributed by atoms with van der Waals surface area (Å²) in [5, 5.41) is 22.2. The summed E-state index contributed by atoms with van der Waals surface area (Å²) in [6.45, 7) is 2.13. The van der Waals surface area contributed by atoms with E-state index in [0.717, 1.165) is 31.2 Å². The fourth-order valence-corrected chi connectivity index (χ4v) is 5.70. The van der Waals surface area contributed by atoms with Crippen LogP contribution in [0.15, 0.2) is 24.3 Å². The molecule has 1 aromatic carbocycles. The third-order valence-corrected chi connectivity index (χ3v) is 7.16. The van der Waals surface area contributed by atoms with Gasteiger partial charge in [0.2, 0.25) is 7.37 Å². The molecule has 7 heteroatoms. The Bertz CT molecular complexity index is 627. The highest BCUT2D eigenvalue weighted by molar-refractivity contribution is 7.58. The molecule has 1 saturated carbocycles. The molecule has 0 bridgehead atoms. The molecule has 0 aromatic heterocycles. The summed E-state index contributed by atoms with van der Waals surface area (Å²) in [6, 6.07) is 6.45. The van der Waals surface area contributed by atoms with Crippen LogP contribution in [0.25, 0.3) is 0 Å². The molecule has 0 radical (unpaired) electrons. The summed E-state index contributed by atoms with van der Waals surface area (Å²) in [5.74, 6) is -0.657. The maximum absolute atomic E-state index is 12.4. The number of carboxylic acids is 1. The molecule has 4 N–H and O–H groups in total. The van der Waals surface area contributed by atoms with Gasteiger partial charge >= 0.3 is 5.97 Å². The number of benzene rings is 1. The minimum absolute atomic E-state index is 0.0822. The molecule has 0 heterocycles. The molecule has 2 unspecified atom stereocenters. The van der Waals surface area contributed by atoms with Crippen LogP contribution in [0.2, 0.25) is 0 Å². The van der Waals surface area contributed by atoms with Crippen LogP contribution in [0, 0.1) is 5.92 Å². The highest BCUT2D eigenvalue weighted by Gasteiger charge is 2.28. The summed E-state index contributed by atoms with van der Waals surface area (Å²) in [7, 11) is -3.32. The van der Waals surface area contributed by atoms with Crippen molar-refractivity contribution < 1.29 is 24.5 Å². The van der Waals surface area contributed by atoms with Gasteiger partial charge in [-0.25, -0.2) is 4.79 Å². The van der Waals surface area contributed by atoms with E-state index in [1.165, 1.54) is 6.42 Å². The summed E-state index contributed by atoms with van der Waals surface area (Å²) in [4.78, 5) is 21.1. The van der Waals surface area contributed by atoms with Gasteiger partial charge in [0.25, 0.3) is 0 Å². The molecule has 1 aliphatic carbocycles. The number of hydrogen-bond donors (Lipinski definition) is 4. The first kappa shape index (κ1) is 21.1. The van der Waals surface area contributed by atoms with E-state index in [1.54, 1.807) is 24.3 Å². The first-order valence-electron chi connectivity index (χ1n) is 9.32. The fourth-order valence-electron chi connectivity index (χ4n) is 3.59. The molecule has 26 heavy (non-hydrogen) atoms. The van der Waals surface area contributed by atoms with E-state index in [4.69, 9.17) is 5.11 Å². The van der Waals surface area contributed by atoms with Crippen LogP contribution in [0.1, 0.15) is 61.0 Å². The zero-order valence-corrected chi connectivity index (χ0v) is 16.2. The average molecular weight is 383 g/mol. The molecular weight excluding hydrogens is 353 g/mol. The van der Waals surface area contributed by atoms with E-state index in [-0.39, 0.29) is 24.3 Å². The monoisotopic (exact) mass is 383 g/mol. The molecule has 6 nitrogen and oxygen atoms in total. The van der Waals surface area contributed by atoms with Crippen molar-refractivity contribution >= 4 is 13.3 Å². The zero-order valence-electron chi connectivity index (χ0n) is 15.3. The van der Waals surface area contributed by atoms with E-state index >= 15 is 0 Å². The average Bonchev–Trinajstić information content (AvgIpc) is 2.59. The van der Waals surface area contributed by atoms with Gasteiger partial charge in [0.05, 0.1) is 17.8 Å². The van der Waals surface area contributed by atoms with Crippen LogP contribution in [-0.2, 0) is 4.57 Å². The van der Waals surface area contributed by atoms with Crippen LogP contribution in [0.5, 0.6) is 0 Å². The molecule has 0 spiro atoms. The van der Waals surface area contributed by atoms with Crippen molar-refractivity contribution in [2.24, 2.45) is 5.92 Å². The number of nitrogens with one attached hydrogen (secondary N) is 1. The second-order valence-electron chi connectivity index (χ2n) is 7.43. The molecule has 0 amide bonds. The third-order valence-electron chi connectivity index (χ3n) is 5.08. The number of carboxylic acid groups (broad SMARTS) is 1. The Balaban J connectivity index is 1.78. The molecular formula is C19H30NO5P. The van der Waals surface area contributed by atoms with Crippen molar-refractivity contribution in [2.75, 3.05) is 18.9 Å². The number of aromatic carboxylic acids is 1. The fraction of sp³-hybridized carbons (Fsp3) is 0.632. The first-order chi connectivity index (χ1) is 12.3. The lowest BCUT2D eigenvalue weighted by atomic mass is 9.91. The van der Waals surface area contributed by atoms with Crippen LogP contribution >= 0.6 is 7.37 Å². The normalized spacial score (nSPS) is 20.3. The summed E-state index contributed by atoms with van der Waals surface area (Å²) >= 11 is 0. The molecule has 1 aliphatic rings. The van der Waals surface area contributed by atoms with Gasteiger partial charge in [-0.2, -0.15) is 0 Å². The molecule has 0 aliphatic heterocycles. The van der Waals surface area contributed by atoms with E-state index in [9.17, 15) is 19.4 Å². The van der Waals surface area contributed by atoms with E-state index < -0.39 is 19.4 Å². The zero-order chi connectivity index (χ0) is 19.2.